The van der Waals surface area contributed by atoms with E-state index in [1.165, 1.54) is 11.3 Å². The third-order valence-corrected chi connectivity index (χ3v) is 5.78. The van der Waals surface area contributed by atoms with Crippen LogP contribution in [0.5, 0.6) is 0 Å². The number of benzene rings is 2. The highest BCUT2D eigenvalue weighted by atomic mass is 35.5. The Balaban J connectivity index is 1.52. The molecule has 0 bridgehead atoms. The molecule has 1 amide bonds. The lowest BCUT2D eigenvalue weighted by molar-refractivity contribution is -0.112. The number of halogens is 1. The van der Waals surface area contributed by atoms with E-state index in [4.69, 9.17) is 11.6 Å². The lowest BCUT2D eigenvalue weighted by Gasteiger charge is -2.00. The molecule has 2 aromatic carbocycles. The minimum Gasteiger partial charge on any atom is -0.350 e. The Bertz CT molecular complexity index is 1310. The highest BCUT2D eigenvalue weighted by molar-refractivity contribution is 7.15. The molecule has 0 aliphatic carbocycles. The molecule has 30 heavy (non-hydrogen) atoms. The van der Waals surface area contributed by atoms with E-state index in [0.29, 0.717) is 16.6 Å². The summed E-state index contributed by atoms with van der Waals surface area (Å²) in [5.74, 6) is -0.478. The number of aromatic nitrogens is 2. The summed E-state index contributed by atoms with van der Waals surface area (Å²) >= 11 is 7.41. The number of amides is 1. The number of nitrogens with one attached hydrogen (secondary N) is 1. The van der Waals surface area contributed by atoms with Gasteiger partial charge in [-0.2, -0.15) is 5.26 Å². The number of carbonyl (C=O) groups is 1. The molecule has 0 fully saturated rings. The van der Waals surface area contributed by atoms with E-state index in [0.717, 1.165) is 26.9 Å². The van der Waals surface area contributed by atoms with Gasteiger partial charge in [0, 0.05) is 52.2 Å². The summed E-state index contributed by atoms with van der Waals surface area (Å²) in [7, 11) is 1.93. The Hall–Kier alpha value is -3.40. The van der Waals surface area contributed by atoms with Crippen LogP contribution in [0.15, 0.2) is 66.5 Å². The minimum absolute atomic E-state index is 0.0259. The van der Waals surface area contributed by atoms with E-state index in [2.05, 4.69) is 10.3 Å². The van der Waals surface area contributed by atoms with E-state index in [9.17, 15) is 10.1 Å². The molecule has 2 heterocycles. The molecule has 2 aromatic heterocycles. The second-order valence-corrected chi connectivity index (χ2v) is 8.33. The van der Waals surface area contributed by atoms with Crippen molar-refractivity contribution < 1.29 is 4.79 Å². The Labute approximate surface area is 182 Å². The molecule has 0 saturated carbocycles. The molecule has 0 atom stereocenters. The second-order valence-electron chi connectivity index (χ2n) is 6.77. The Morgan fingerprint density at radius 1 is 1.30 bits per heavy atom. The number of aryl methyl sites for hydroxylation is 1. The third-order valence-electron chi connectivity index (χ3n) is 4.63. The summed E-state index contributed by atoms with van der Waals surface area (Å²) in [4.78, 5) is 17.9. The van der Waals surface area contributed by atoms with Crippen molar-refractivity contribution in [1.29, 1.82) is 5.26 Å². The van der Waals surface area contributed by atoms with Crippen molar-refractivity contribution in [3.63, 3.8) is 0 Å². The molecular weight excluding hydrogens is 416 g/mol. The summed E-state index contributed by atoms with van der Waals surface area (Å²) in [5.41, 5.74) is 2.95. The summed E-state index contributed by atoms with van der Waals surface area (Å²) in [6.07, 6.45) is 5.91. The number of carbonyl (C=O) groups excluding carboxylic acids is 1. The lowest BCUT2D eigenvalue weighted by atomic mass is 10.1. The molecule has 0 unspecified atom stereocenters. The first-order valence-electron chi connectivity index (χ1n) is 9.20. The van der Waals surface area contributed by atoms with Crippen LogP contribution < -0.4 is 5.32 Å². The molecule has 7 heteroatoms. The van der Waals surface area contributed by atoms with Crippen molar-refractivity contribution in [1.82, 2.24) is 9.55 Å². The molecule has 4 aromatic rings. The van der Waals surface area contributed by atoms with Crippen LogP contribution in [0.2, 0.25) is 5.02 Å². The third kappa shape index (κ3) is 4.28. The molecule has 148 valence electrons. The zero-order valence-corrected chi connectivity index (χ0v) is 17.7. The maximum atomic E-state index is 12.6. The van der Waals surface area contributed by atoms with Crippen LogP contribution in [-0.2, 0) is 18.3 Å². The Kier molecular flexibility index (Phi) is 5.66. The van der Waals surface area contributed by atoms with Crippen molar-refractivity contribution in [3.8, 4) is 6.07 Å². The van der Waals surface area contributed by atoms with E-state index in [1.807, 2.05) is 72.4 Å². The average Bonchev–Trinajstić information content (AvgIpc) is 3.30. The maximum absolute atomic E-state index is 12.6. The van der Waals surface area contributed by atoms with E-state index < -0.39 is 5.91 Å². The zero-order chi connectivity index (χ0) is 21.1. The molecular formula is C23H17ClN4OS. The SMILES string of the molecule is Cn1cc(C=C(C#N)C(=O)Nc2ncc(Cc3cccc(Cl)c3)s2)c2ccccc21. The van der Waals surface area contributed by atoms with Crippen molar-refractivity contribution in [2.24, 2.45) is 7.05 Å². The smallest absolute Gasteiger partial charge is 0.268 e. The van der Waals surface area contributed by atoms with Gasteiger partial charge in [-0.3, -0.25) is 10.1 Å². The van der Waals surface area contributed by atoms with E-state index in [1.54, 1.807) is 12.3 Å². The van der Waals surface area contributed by atoms with E-state index >= 15 is 0 Å². The Morgan fingerprint density at radius 2 is 2.13 bits per heavy atom. The van der Waals surface area contributed by atoms with Crippen LogP contribution in [0, 0.1) is 11.3 Å². The van der Waals surface area contributed by atoms with Crippen LogP contribution in [0.3, 0.4) is 0 Å². The highest BCUT2D eigenvalue weighted by Gasteiger charge is 2.14. The zero-order valence-electron chi connectivity index (χ0n) is 16.1. The van der Waals surface area contributed by atoms with Gasteiger partial charge in [0.05, 0.1) is 0 Å². The number of fused-ring (bicyclic) bond motifs is 1. The van der Waals surface area contributed by atoms with Gasteiger partial charge in [-0.05, 0) is 29.8 Å². The number of nitrogens with zero attached hydrogens (tertiary/aromatic N) is 3. The van der Waals surface area contributed by atoms with Crippen LogP contribution in [0.1, 0.15) is 16.0 Å². The fraction of sp³-hybridized carbons (Fsp3) is 0.0870. The topological polar surface area (TPSA) is 70.7 Å². The number of hydrogen-bond acceptors (Lipinski definition) is 4. The van der Waals surface area contributed by atoms with Gasteiger partial charge < -0.3 is 4.57 Å². The normalized spacial score (nSPS) is 11.4. The molecule has 0 saturated heterocycles. The first-order chi connectivity index (χ1) is 14.5. The lowest BCUT2D eigenvalue weighted by Crippen LogP contribution is -2.13. The summed E-state index contributed by atoms with van der Waals surface area (Å²) in [6, 6.07) is 17.5. The second kappa shape index (κ2) is 8.54. The first-order valence-corrected chi connectivity index (χ1v) is 10.4. The van der Waals surface area contributed by atoms with Gasteiger partial charge in [-0.1, -0.05) is 41.9 Å². The molecule has 0 aliphatic heterocycles. The van der Waals surface area contributed by atoms with Crippen molar-refractivity contribution in [2.75, 3.05) is 5.32 Å². The van der Waals surface area contributed by atoms with Gasteiger partial charge in [0.25, 0.3) is 5.91 Å². The molecule has 0 radical (unpaired) electrons. The number of rotatable bonds is 5. The van der Waals surface area contributed by atoms with Crippen LogP contribution >= 0.6 is 22.9 Å². The highest BCUT2D eigenvalue weighted by Crippen LogP contribution is 2.25. The maximum Gasteiger partial charge on any atom is 0.268 e. The van der Waals surface area contributed by atoms with Gasteiger partial charge >= 0.3 is 0 Å². The fourth-order valence-electron chi connectivity index (χ4n) is 3.25. The Morgan fingerprint density at radius 3 is 2.93 bits per heavy atom. The van der Waals surface area contributed by atoms with Crippen molar-refractivity contribution in [3.05, 3.63) is 87.5 Å². The molecule has 0 aliphatic rings. The van der Waals surface area contributed by atoms with Gasteiger partial charge in [-0.25, -0.2) is 4.98 Å². The number of nitriles is 1. The summed E-state index contributed by atoms with van der Waals surface area (Å²) in [5, 5.41) is 14.4. The average molecular weight is 433 g/mol. The predicted octanol–water partition coefficient (Wildman–Crippen LogP) is 5.42. The summed E-state index contributed by atoms with van der Waals surface area (Å²) < 4.78 is 1.97. The number of para-hydroxylation sites is 1. The van der Waals surface area contributed by atoms with Crippen LogP contribution in [0.4, 0.5) is 5.13 Å². The van der Waals surface area contributed by atoms with E-state index in [-0.39, 0.29) is 5.57 Å². The summed E-state index contributed by atoms with van der Waals surface area (Å²) in [6.45, 7) is 0. The van der Waals surface area contributed by atoms with Gasteiger partial charge in [0.1, 0.15) is 11.6 Å². The molecule has 1 N–H and O–H groups in total. The number of thiazole rings is 1. The molecule has 5 nitrogen and oxygen atoms in total. The fourth-order valence-corrected chi connectivity index (χ4v) is 4.31. The standard InChI is InChI=1S/C23H17ClN4OS/c1-28-14-17(20-7-2-3-8-21(20)28)11-16(12-25)22(29)27-23-26-13-19(30-23)10-15-5-4-6-18(24)9-15/h2-9,11,13-14H,10H2,1H3,(H,26,27,29). The van der Waals surface area contributed by atoms with Crippen LogP contribution in [-0.4, -0.2) is 15.5 Å². The first kappa shape index (κ1) is 19.9. The van der Waals surface area contributed by atoms with Crippen molar-refractivity contribution >= 4 is 51.0 Å². The van der Waals surface area contributed by atoms with Crippen molar-refractivity contribution in [2.45, 2.75) is 6.42 Å². The number of anilines is 1. The van der Waals surface area contributed by atoms with Gasteiger partial charge in [0.2, 0.25) is 0 Å². The monoisotopic (exact) mass is 432 g/mol. The predicted molar refractivity (Wildman–Crippen MR) is 122 cm³/mol. The molecule has 0 spiro atoms. The molecule has 4 rings (SSSR count). The van der Waals surface area contributed by atoms with Gasteiger partial charge in [0.15, 0.2) is 5.13 Å². The quantitative estimate of drug-likeness (QED) is 0.338. The minimum atomic E-state index is -0.478. The van der Waals surface area contributed by atoms with Crippen LogP contribution in [0.25, 0.3) is 17.0 Å². The number of hydrogen-bond donors (Lipinski definition) is 1. The van der Waals surface area contributed by atoms with Gasteiger partial charge in [-0.15, -0.1) is 11.3 Å². The largest absolute Gasteiger partial charge is 0.350 e.